The normalized spacial score (nSPS) is 40.7. The second kappa shape index (κ2) is 1.70. The topological polar surface area (TPSA) is 38.3 Å². The van der Waals surface area contributed by atoms with E-state index in [-0.39, 0.29) is 5.91 Å². The number of rotatable bonds is 0. The molecule has 1 amide bonds. The Bertz CT molecular complexity index is 132. The zero-order valence-electron chi connectivity index (χ0n) is 5.09. The number of fused-ring (bicyclic) bond motifs is 1. The highest BCUT2D eigenvalue weighted by molar-refractivity contribution is 5.79. The molecule has 2 saturated heterocycles. The summed E-state index contributed by atoms with van der Waals surface area (Å²) >= 11 is 0. The Balaban J connectivity index is 2.09. The molecule has 0 saturated carbocycles. The summed E-state index contributed by atoms with van der Waals surface area (Å²) in [7, 11) is 0. The molecule has 2 heterocycles. The highest BCUT2D eigenvalue weighted by atomic mass is 16.5. The Morgan fingerprint density at radius 1 is 1.56 bits per heavy atom. The van der Waals surface area contributed by atoms with Gasteiger partial charge >= 0.3 is 0 Å². The first-order valence-corrected chi connectivity index (χ1v) is 3.23. The highest BCUT2D eigenvalue weighted by Gasteiger charge is 2.36. The molecule has 2 aliphatic heterocycles. The van der Waals surface area contributed by atoms with Crippen LogP contribution in [0.4, 0.5) is 0 Å². The van der Waals surface area contributed by atoms with Crippen LogP contribution in [0, 0.1) is 5.92 Å². The van der Waals surface area contributed by atoms with Gasteiger partial charge in [0.05, 0.1) is 19.3 Å². The molecule has 2 rings (SSSR count). The van der Waals surface area contributed by atoms with Crippen molar-refractivity contribution in [3.63, 3.8) is 0 Å². The van der Waals surface area contributed by atoms with Crippen molar-refractivity contribution in [1.29, 1.82) is 0 Å². The van der Waals surface area contributed by atoms with E-state index in [1.54, 1.807) is 0 Å². The van der Waals surface area contributed by atoms with Gasteiger partial charge in [-0.15, -0.1) is 0 Å². The Labute approximate surface area is 53.4 Å². The summed E-state index contributed by atoms with van der Waals surface area (Å²) < 4.78 is 5.15. The lowest BCUT2D eigenvalue weighted by molar-refractivity contribution is -0.120. The first-order valence-electron chi connectivity index (χ1n) is 3.23. The standard InChI is InChI=1S/C6H9NO2/c8-6-1-4-2-9-3-5(4)7-6/h4-5H,1-3H2,(H,7,8)/t4-,5-/m1/s1. The van der Waals surface area contributed by atoms with Crippen molar-refractivity contribution in [2.24, 2.45) is 5.92 Å². The second-order valence-electron chi connectivity index (χ2n) is 2.68. The third kappa shape index (κ3) is 0.721. The number of ether oxygens (including phenoxy) is 1. The van der Waals surface area contributed by atoms with E-state index >= 15 is 0 Å². The summed E-state index contributed by atoms with van der Waals surface area (Å²) in [6, 6.07) is 0.331. The molecule has 3 nitrogen and oxygen atoms in total. The fraction of sp³-hybridized carbons (Fsp3) is 0.833. The molecular formula is C6H9NO2. The largest absolute Gasteiger partial charge is 0.379 e. The summed E-state index contributed by atoms with van der Waals surface area (Å²) in [5.74, 6) is 0.658. The van der Waals surface area contributed by atoms with Crippen molar-refractivity contribution in [2.45, 2.75) is 12.5 Å². The Morgan fingerprint density at radius 3 is 3.22 bits per heavy atom. The number of carbonyl (C=O) groups excluding carboxylic acids is 1. The second-order valence-corrected chi connectivity index (χ2v) is 2.68. The molecule has 0 aromatic rings. The zero-order valence-corrected chi connectivity index (χ0v) is 5.09. The first-order chi connectivity index (χ1) is 4.36. The molecule has 2 fully saturated rings. The van der Waals surface area contributed by atoms with E-state index in [1.165, 1.54) is 0 Å². The smallest absolute Gasteiger partial charge is 0.220 e. The highest BCUT2D eigenvalue weighted by Crippen LogP contribution is 2.22. The Hall–Kier alpha value is -0.570. The van der Waals surface area contributed by atoms with Crippen molar-refractivity contribution >= 4 is 5.91 Å². The molecule has 2 atom stereocenters. The lowest BCUT2D eigenvalue weighted by atomic mass is 10.1. The van der Waals surface area contributed by atoms with Gasteiger partial charge in [-0.1, -0.05) is 0 Å². The third-order valence-electron chi connectivity index (χ3n) is 1.99. The van der Waals surface area contributed by atoms with E-state index in [1.807, 2.05) is 0 Å². The fourth-order valence-electron chi connectivity index (χ4n) is 1.46. The van der Waals surface area contributed by atoms with Crippen molar-refractivity contribution < 1.29 is 9.53 Å². The van der Waals surface area contributed by atoms with E-state index < -0.39 is 0 Å². The van der Waals surface area contributed by atoms with Crippen LogP contribution < -0.4 is 5.32 Å². The summed E-state index contributed by atoms with van der Waals surface area (Å²) in [5, 5.41) is 2.85. The quantitative estimate of drug-likeness (QED) is 0.477. The number of amides is 1. The number of hydrogen-bond acceptors (Lipinski definition) is 2. The SMILES string of the molecule is O=C1C[C@@H]2COC[C@H]2N1. The zero-order chi connectivity index (χ0) is 6.27. The molecular weight excluding hydrogens is 118 g/mol. The van der Waals surface area contributed by atoms with Crippen LogP contribution in [-0.4, -0.2) is 25.2 Å². The van der Waals surface area contributed by atoms with Crippen LogP contribution in [0.3, 0.4) is 0 Å². The van der Waals surface area contributed by atoms with Gasteiger partial charge in [0.1, 0.15) is 0 Å². The van der Waals surface area contributed by atoms with E-state index in [4.69, 9.17) is 4.74 Å². The van der Waals surface area contributed by atoms with Crippen molar-refractivity contribution in [3.8, 4) is 0 Å². The van der Waals surface area contributed by atoms with Crippen LogP contribution in [-0.2, 0) is 9.53 Å². The molecule has 0 unspecified atom stereocenters. The maximum Gasteiger partial charge on any atom is 0.220 e. The summed E-state index contributed by atoms with van der Waals surface area (Å²) in [5.41, 5.74) is 0. The van der Waals surface area contributed by atoms with E-state index in [2.05, 4.69) is 5.32 Å². The van der Waals surface area contributed by atoms with E-state index in [0.29, 0.717) is 18.4 Å². The van der Waals surface area contributed by atoms with Gasteiger partial charge in [-0.3, -0.25) is 4.79 Å². The van der Waals surface area contributed by atoms with Gasteiger partial charge in [0.15, 0.2) is 0 Å². The molecule has 3 heteroatoms. The lowest BCUT2D eigenvalue weighted by Crippen LogP contribution is -2.28. The molecule has 2 aliphatic rings. The van der Waals surface area contributed by atoms with Crippen LogP contribution in [0.2, 0.25) is 0 Å². The average Bonchev–Trinajstić information content (AvgIpc) is 2.22. The molecule has 9 heavy (non-hydrogen) atoms. The Kier molecular flexibility index (Phi) is 0.990. The van der Waals surface area contributed by atoms with Crippen LogP contribution in [0.5, 0.6) is 0 Å². The van der Waals surface area contributed by atoms with Crippen LogP contribution in [0.25, 0.3) is 0 Å². The van der Waals surface area contributed by atoms with Gasteiger partial charge in [0.2, 0.25) is 5.91 Å². The number of carbonyl (C=O) groups is 1. The Morgan fingerprint density at radius 2 is 2.44 bits per heavy atom. The van der Waals surface area contributed by atoms with Gasteiger partial charge in [0.25, 0.3) is 0 Å². The van der Waals surface area contributed by atoms with Gasteiger partial charge in [-0.2, -0.15) is 0 Å². The number of hydrogen-bond donors (Lipinski definition) is 1. The molecule has 0 aromatic carbocycles. The first kappa shape index (κ1) is 5.23. The predicted octanol–water partition coefficient (Wildman–Crippen LogP) is -0.479. The van der Waals surface area contributed by atoms with Gasteiger partial charge < -0.3 is 10.1 Å². The third-order valence-corrected chi connectivity index (χ3v) is 1.99. The molecule has 50 valence electrons. The summed E-state index contributed by atoms with van der Waals surface area (Å²) in [4.78, 5) is 10.7. The minimum atomic E-state index is 0.188. The van der Waals surface area contributed by atoms with Gasteiger partial charge in [-0.25, -0.2) is 0 Å². The van der Waals surface area contributed by atoms with E-state index in [0.717, 1.165) is 13.2 Å². The average molecular weight is 127 g/mol. The van der Waals surface area contributed by atoms with Gasteiger partial charge in [0, 0.05) is 12.3 Å². The molecule has 0 bridgehead atoms. The lowest BCUT2D eigenvalue weighted by Gasteiger charge is -2.01. The predicted molar refractivity (Wildman–Crippen MR) is 30.9 cm³/mol. The number of nitrogens with one attached hydrogen (secondary N) is 1. The molecule has 0 aliphatic carbocycles. The fourth-order valence-corrected chi connectivity index (χ4v) is 1.46. The summed E-state index contributed by atoms with van der Waals surface area (Å²) in [6.07, 6.45) is 0.671. The molecule has 0 radical (unpaired) electrons. The van der Waals surface area contributed by atoms with Crippen molar-refractivity contribution in [1.82, 2.24) is 5.32 Å². The molecule has 1 N–H and O–H groups in total. The minimum absolute atomic E-state index is 0.188. The molecule has 0 spiro atoms. The van der Waals surface area contributed by atoms with E-state index in [9.17, 15) is 4.79 Å². The van der Waals surface area contributed by atoms with Crippen LogP contribution in [0.1, 0.15) is 6.42 Å². The maximum atomic E-state index is 10.7. The minimum Gasteiger partial charge on any atom is -0.379 e. The van der Waals surface area contributed by atoms with Crippen LogP contribution >= 0.6 is 0 Å². The van der Waals surface area contributed by atoms with Gasteiger partial charge in [-0.05, 0) is 0 Å². The van der Waals surface area contributed by atoms with Crippen molar-refractivity contribution in [3.05, 3.63) is 0 Å². The molecule has 0 aromatic heterocycles. The summed E-state index contributed by atoms with van der Waals surface area (Å²) in [6.45, 7) is 1.49. The van der Waals surface area contributed by atoms with Crippen LogP contribution in [0.15, 0.2) is 0 Å². The van der Waals surface area contributed by atoms with Crippen molar-refractivity contribution in [2.75, 3.05) is 13.2 Å². The monoisotopic (exact) mass is 127 g/mol. The maximum absolute atomic E-state index is 10.7.